The lowest BCUT2D eigenvalue weighted by Gasteiger charge is -2.34. The van der Waals surface area contributed by atoms with Crippen LogP contribution in [0.1, 0.15) is 78.2 Å². The Hall–Kier alpha value is -2.78. The highest BCUT2D eigenvalue weighted by Gasteiger charge is 2.49. The van der Waals surface area contributed by atoms with Crippen LogP contribution in [0.25, 0.3) is 0 Å². The highest BCUT2D eigenvalue weighted by atomic mass is 16.7. The average molecular weight is 588 g/mol. The summed E-state index contributed by atoms with van der Waals surface area (Å²) >= 11 is 0. The van der Waals surface area contributed by atoms with E-state index in [1.54, 1.807) is 7.11 Å². The third-order valence-corrected chi connectivity index (χ3v) is 8.31. The van der Waals surface area contributed by atoms with Gasteiger partial charge in [0, 0.05) is 31.6 Å². The number of aliphatic carboxylic acids is 1. The van der Waals surface area contributed by atoms with Crippen molar-refractivity contribution >= 4 is 11.9 Å². The van der Waals surface area contributed by atoms with Gasteiger partial charge in [-0.3, -0.25) is 14.5 Å². The van der Waals surface area contributed by atoms with E-state index in [1.807, 2.05) is 17.0 Å². The van der Waals surface area contributed by atoms with Crippen molar-refractivity contribution in [1.29, 1.82) is 0 Å². The standard InChI is InChI=1S/C33H53N3O6/c1-9-10-14-35(15-12-11-13-34(6)7)29(37)21-36-20-25(24-16-27(40-8)31-28(17-24)41-22-42-31)30(32(38)39)26(36)19-33(4,5)18-23(2)3/h16-18,25-26,30H,9-15,19-22H2,1-8H3,(H,38,39). The molecule has 0 spiro atoms. The number of likely N-dealkylation sites (tertiary alicyclic amines) is 1. The van der Waals surface area contributed by atoms with Crippen molar-refractivity contribution in [3.63, 3.8) is 0 Å². The number of rotatable bonds is 16. The number of methoxy groups -OCH3 is 1. The van der Waals surface area contributed by atoms with E-state index in [1.165, 1.54) is 5.57 Å². The van der Waals surface area contributed by atoms with Gasteiger partial charge in [-0.15, -0.1) is 0 Å². The first-order valence-corrected chi connectivity index (χ1v) is 15.4. The topological polar surface area (TPSA) is 91.8 Å². The Balaban J connectivity index is 1.94. The number of ether oxygens (including phenoxy) is 3. The van der Waals surface area contributed by atoms with Crippen LogP contribution in [0.3, 0.4) is 0 Å². The summed E-state index contributed by atoms with van der Waals surface area (Å²) in [5.41, 5.74) is 1.77. The van der Waals surface area contributed by atoms with Gasteiger partial charge in [0.2, 0.25) is 18.4 Å². The number of carbonyl (C=O) groups is 2. The van der Waals surface area contributed by atoms with E-state index in [-0.39, 0.29) is 36.6 Å². The van der Waals surface area contributed by atoms with E-state index >= 15 is 0 Å². The highest BCUT2D eigenvalue weighted by molar-refractivity contribution is 5.79. The molecule has 2 heterocycles. The predicted octanol–water partition coefficient (Wildman–Crippen LogP) is 5.25. The summed E-state index contributed by atoms with van der Waals surface area (Å²) in [4.78, 5) is 33.1. The molecule has 2 aliphatic rings. The van der Waals surface area contributed by atoms with E-state index in [4.69, 9.17) is 14.2 Å². The van der Waals surface area contributed by atoms with Gasteiger partial charge in [-0.25, -0.2) is 0 Å². The number of nitrogens with zero attached hydrogens (tertiary/aromatic N) is 3. The Morgan fingerprint density at radius 3 is 2.43 bits per heavy atom. The summed E-state index contributed by atoms with van der Waals surface area (Å²) in [6.45, 7) is 13.8. The van der Waals surface area contributed by atoms with E-state index in [2.05, 4.69) is 64.6 Å². The summed E-state index contributed by atoms with van der Waals surface area (Å²) in [5.74, 6) is -0.175. The van der Waals surface area contributed by atoms with Gasteiger partial charge < -0.3 is 29.1 Å². The zero-order valence-corrected chi connectivity index (χ0v) is 27.1. The number of carboxylic acid groups (broad SMARTS) is 1. The molecule has 236 valence electrons. The summed E-state index contributed by atoms with van der Waals surface area (Å²) < 4.78 is 16.9. The number of hydrogen-bond donors (Lipinski definition) is 1. The fourth-order valence-corrected chi connectivity index (χ4v) is 6.54. The summed E-state index contributed by atoms with van der Waals surface area (Å²) in [5, 5.41) is 10.7. The second kappa shape index (κ2) is 15.1. The minimum absolute atomic E-state index is 0.0754. The number of amides is 1. The Bertz CT molecular complexity index is 1100. The van der Waals surface area contributed by atoms with Gasteiger partial charge >= 0.3 is 5.97 Å². The van der Waals surface area contributed by atoms with Gasteiger partial charge in [-0.1, -0.05) is 38.8 Å². The molecule has 0 aromatic heterocycles. The molecule has 1 saturated heterocycles. The molecule has 3 atom stereocenters. The van der Waals surface area contributed by atoms with Crippen LogP contribution in [-0.4, -0.2) is 98.4 Å². The zero-order chi connectivity index (χ0) is 31.0. The lowest BCUT2D eigenvalue weighted by atomic mass is 9.77. The van der Waals surface area contributed by atoms with Crippen molar-refractivity contribution < 1.29 is 28.9 Å². The molecule has 9 nitrogen and oxygen atoms in total. The van der Waals surface area contributed by atoms with E-state index in [0.717, 1.165) is 50.9 Å². The first kappa shape index (κ1) is 33.7. The molecule has 0 saturated carbocycles. The molecule has 0 aliphatic carbocycles. The van der Waals surface area contributed by atoms with Crippen LogP contribution in [-0.2, 0) is 9.59 Å². The van der Waals surface area contributed by atoms with Crippen molar-refractivity contribution in [2.24, 2.45) is 11.3 Å². The first-order chi connectivity index (χ1) is 19.9. The molecule has 2 aliphatic heterocycles. The molecular weight excluding hydrogens is 534 g/mol. The fraction of sp³-hybridized carbons (Fsp3) is 0.697. The lowest BCUT2D eigenvalue weighted by Crippen LogP contribution is -2.46. The fourth-order valence-electron chi connectivity index (χ4n) is 6.54. The minimum atomic E-state index is -0.851. The molecule has 1 aromatic rings. The summed E-state index contributed by atoms with van der Waals surface area (Å²) in [6, 6.07) is 3.43. The number of hydrogen-bond acceptors (Lipinski definition) is 7. The van der Waals surface area contributed by atoms with Crippen LogP contribution >= 0.6 is 0 Å². The number of carboxylic acids is 1. The van der Waals surface area contributed by atoms with Gasteiger partial charge in [-0.2, -0.15) is 0 Å². The van der Waals surface area contributed by atoms with Crippen molar-refractivity contribution in [3.8, 4) is 17.2 Å². The Labute approximate surface area is 252 Å². The molecule has 9 heteroatoms. The molecule has 3 unspecified atom stereocenters. The Morgan fingerprint density at radius 2 is 1.81 bits per heavy atom. The monoisotopic (exact) mass is 587 g/mol. The molecule has 42 heavy (non-hydrogen) atoms. The normalized spacial score (nSPS) is 20.2. The van der Waals surface area contributed by atoms with Gasteiger partial charge in [-0.05, 0) is 83.3 Å². The van der Waals surface area contributed by atoms with Crippen molar-refractivity contribution in [2.75, 3.05) is 60.7 Å². The summed E-state index contributed by atoms with van der Waals surface area (Å²) in [6.07, 6.45) is 6.77. The smallest absolute Gasteiger partial charge is 0.308 e. The largest absolute Gasteiger partial charge is 0.493 e. The third-order valence-electron chi connectivity index (χ3n) is 8.31. The molecule has 1 N–H and O–H groups in total. The van der Waals surface area contributed by atoms with E-state index in [9.17, 15) is 14.7 Å². The van der Waals surface area contributed by atoms with Gasteiger partial charge in [0.15, 0.2) is 11.5 Å². The second-order valence-electron chi connectivity index (χ2n) is 13.1. The molecule has 1 amide bonds. The predicted molar refractivity (Wildman–Crippen MR) is 165 cm³/mol. The Morgan fingerprint density at radius 1 is 1.12 bits per heavy atom. The maximum Gasteiger partial charge on any atom is 0.308 e. The third kappa shape index (κ3) is 8.86. The second-order valence-corrected chi connectivity index (χ2v) is 13.1. The number of fused-ring (bicyclic) bond motifs is 1. The van der Waals surface area contributed by atoms with Crippen LogP contribution in [0.2, 0.25) is 0 Å². The summed E-state index contributed by atoms with van der Waals surface area (Å²) in [7, 11) is 5.70. The molecule has 1 aromatic carbocycles. The maximum atomic E-state index is 13.9. The quantitative estimate of drug-likeness (QED) is 0.207. The van der Waals surface area contributed by atoms with Crippen LogP contribution in [0, 0.1) is 11.3 Å². The molecule has 0 bridgehead atoms. The molecule has 1 fully saturated rings. The zero-order valence-electron chi connectivity index (χ0n) is 27.1. The van der Waals surface area contributed by atoms with Gasteiger partial charge in [0.05, 0.1) is 19.6 Å². The first-order valence-electron chi connectivity index (χ1n) is 15.4. The van der Waals surface area contributed by atoms with Gasteiger partial charge in [0.25, 0.3) is 0 Å². The van der Waals surface area contributed by atoms with Crippen molar-refractivity contribution in [1.82, 2.24) is 14.7 Å². The average Bonchev–Trinajstić information content (AvgIpc) is 3.51. The van der Waals surface area contributed by atoms with Crippen molar-refractivity contribution in [2.45, 2.75) is 78.7 Å². The lowest BCUT2D eigenvalue weighted by molar-refractivity contribution is -0.144. The van der Waals surface area contributed by atoms with Crippen LogP contribution in [0.15, 0.2) is 23.8 Å². The maximum absolute atomic E-state index is 13.9. The van der Waals surface area contributed by atoms with Crippen LogP contribution in [0.4, 0.5) is 0 Å². The Kier molecular flexibility index (Phi) is 12.1. The van der Waals surface area contributed by atoms with Gasteiger partial charge in [0.1, 0.15) is 0 Å². The SMILES string of the molecule is CCCCN(CCCCN(C)C)C(=O)CN1CC(c2cc(OC)c3c(c2)OCO3)C(C(=O)O)C1CC(C)(C)C=C(C)C. The molecular formula is C33H53N3O6. The molecule has 3 rings (SSSR count). The van der Waals surface area contributed by atoms with Crippen molar-refractivity contribution in [3.05, 3.63) is 29.3 Å². The highest BCUT2D eigenvalue weighted by Crippen LogP contribution is 2.48. The number of benzene rings is 1. The van der Waals surface area contributed by atoms with Crippen LogP contribution in [0.5, 0.6) is 17.2 Å². The van der Waals surface area contributed by atoms with E-state index < -0.39 is 11.9 Å². The number of unbranched alkanes of at least 4 members (excludes halogenated alkanes) is 2. The minimum Gasteiger partial charge on any atom is -0.493 e. The van der Waals surface area contributed by atoms with Crippen LogP contribution < -0.4 is 14.2 Å². The van der Waals surface area contributed by atoms with E-state index in [0.29, 0.717) is 30.2 Å². The molecule has 0 radical (unpaired) electrons. The number of allylic oxidation sites excluding steroid dienone is 2. The number of carbonyl (C=O) groups excluding carboxylic acids is 1.